The molecule has 5 fully saturated rings. The molecule has 0 unspecified atom stereocenters. The van der Waals surface area contributed by atoms with Crippen LogP contribution >= 0.6 is 0 Å². The third kappa shape index (κ3) is 3.08. The molecule has 1 heterocycles. The number of aliphatic hydroxyl groups excluding tert-OH is 1. The summed E-state index contributed by atoms with van der Waals surface area (Å²) in [6, 6.07) is 0. The Balaban J connectivity index is 1.31. The Morgan fingerprint density at radius 2 is 1.83 bits per heavy atom. The molecule has 30 heavy (non-hydrogen) atoms. The van der Waals surface area contributed by atoms with Gasteiger partial charge in [0, 0.05) is 11.8 Å². The fraction of sp³-hybridized carbons (Fsp3) is 1.00. The van der Waals surface area contributed by atoms with Gasteiger partial charge in [-0.05, 0) is 100 Å². The molecule has 4 saturated carbocycles. The van der Waals surface area contributed by atoms with Crippen molar-refractivity contribution < 1.29 is 14.9 Å². The van der Waals surface area contributed by atoms with Gasteiger partial charge in [-0.15, -0.1) is 0 Å². The van der Waals surface area contributed by atoms with E-state index in [4.69, 9.17) is 4.74 Å². The lowest BCUT2D eigenvalue weighted by Gasteiger charge is -2.59. The van der Waals surface area contributed by atoms with Crippen molar-refractivity contribution in [1.82, 2.24) is 0 Å². The third-order valence-electron chi connectivity index (χ3n) is 11.3. The zero-order valence-corrected chi connectivity index (χ0v) is 20.1. The van der Waals surface area contributed by atoms with Gasteiger partial charge in [0.15, 0.2) is 0 Å². The molecule has 0 bridgehead atoms. The van der Waals surface area contributed by atoms with Crippen LogP contribution in [0, 0.1) is 40.4 Å². The molecule has 5 aliphatic rings. The number of hydrogen-bond acceptors (Lipinski definition) is 3. The standard InChI is InChI=1S/C27H46O3/c1-17(7-6-12-24(2,3)29)20-8-9-21-19-15-23-27(30-23)16-18(28)10-14-26(27,5)22(19)11-13-25(20,21)4/h17-23,28-29H,6-16H2,1-5H3/t17-,18+,19+,20-,21+,22+,23-,25-,26-,27-/m1/s1. The minimum absolute atomic E-state index is 0.0158. The van der Waals surface area contributed by atoms with E-state index in [-0.39, 0.29) is 17.1 Å². The lowest BCUT2D eigenvalue weighted by molar-refractivity contribution is -0.116. The Hall–Kier alpha value is -0.120. The quantitative estimate of drug-likeness (QED) is 0.562. The van der Waals surface area contributed by atoms with Crippen molar-refractivity contribution in [3.63, 3.8) is 0 Å². The van der Waals surface area contributed by atoms with Gasteiger partial charge in [-0.1, -0.05) is 33.6 Å². The van der Waals surface area contributed by atoms with Crippen LogP contribution in [-0.4, -0.2) is 33.6 Å². The Kier molecular flexibility index (Phi) is 5.02. The van der Waals surface area contributed by atoms with E-state index in [9.17, 15) is 10.2 Å². The van der Waals surface area contributed by atoms with Gasteiger partial charge in [-0.3, -0.25) is 0 Å². The second-order valence-electron chi connectivity index (χ2n) is 13.3. The molecule has 0 aromatic rings. The van der Waals surface area contributed by atoms with Crippen LogP contribution in [0.25, 0.3) is 0 Å². The summed E-state index contributed by atoms with van der Waals surface area (Å²) in [4.78, 5) is 0. The van der Waals surface area contributed by atoms with Crippen LogP contribution in [0.2, 0.25) is 0 Å². The summed E-state index contributed by atoms with van der Waals surface area (Å²) in [6.07, 6.45) is 13.4. The second-order valence-corrected chi connectivity index (χ2v) is 13.3. The molecule has 0 aromatic carbocycles. The van der Waals surface area contributed by atoms with Gasteiger partial charge in [0.2, 0.25) is 0 Å². The summed E-state index contributed by atoms with van der Waals surface area (Å²) in [5, 5.41) is 20.5. The van der Waals surface area contributed by atoms with E-state index in [1.165, 1.54) is 38.5 Å². The van der Waals surface area contributed by atoms with Crippen molar-refractivity contribution in [2.45, 2.75) is 129 Å². The predicted octanol–water partition coefficient (Wildman–Crippen LogP) is 5.71. The van der Waals surface area contributed by atoms with Gasteiger partial charge < -0.3 is 14.9 Å². The van der Waals surface area contributed by atoms with E-state index in [0.717, 1.165) is 61.7 Å². The highest BCUT2D eigenvalue weighted by atomic mass is 16.6. The van der Waals surface area contributed by atoms with Crippen LogP contribution in [0.5, 0.6) is 0 Å². The van der Waals surface area contributed by atoms with E-state index in [1.807, 2.05) is 13.8 Å². The highest BCUT2D eigenvalue weighted by Gasteiger charge is 2.76. The van der Waals surface area contributed by atoms with Crippen LogP contribution in [-0.2, 0) is 4.74 Å². The Morgan fingerprint density at radius 3 is 2.57 bits per heavy atom. The highest BCUT2D eigenvalue weighted by Crippen LogP contribution is 2.74. The molecule has 10 atom stereocenters. The largest absolute Gasteiger partial charge is 0.393 e. The summed E-state index contributed by atoms with van der Waals surface area (Å²) in [7, 11) is 0. The number of epoxide rings is 1. The first-order valence-electron chi connectivity index (χ1n) is 13.1. The fourth-order valence-corrected chi connectivity index (χ4v) is 9.69. The molecule has 0 radical (unpaired) electrons. The monoisotopic (exact) mass is 418 g/mol. The number of fused-ring (bicyclic) bond motifs is 4. The number of ether oxygens (including phenoxy) is 1. The number of rotatable bonds is 5. The summed E-state index contributed by atoms with van der Waals surface area (Å²) < 4.78 is 6.49. The maximum absolute atomic E-state index is 10.4. The molecule has 1 saturated heterocycles. The first kappa shape index (κ1) is 21.7. The molecule has 4 aliphatic carbocycles. The van der Waals surface area contributed by atoms with Crippen LogP contribution in [0.3, 0.4) is 0 Å². The normalized spacial score (nSPS) is 53.3. The molecule has 172 valence electrons. The summed E-state index contributed by atoms with van der Waals surface area (Å²) in [6.45, 7) is 11.6. The highest BCUT2D eigenvalue weighted by molar-refractivity contribution is 5.24. The van der Waals surface area contributed by atoms with Gasteiger partial charge in [0.1, 0.15) is 5.60 Å². The molecule has 1 aliphatic heterocycles. The SMILES string of the molecule is C[C@H](CCCC(C)(C)O)[C@H]1CC[C@H]2[C@@H]3C[C@H]4O[C@]45C[C@@H](O)CC[C@]5(C)[C@H]3CC[C@]12C. The van der Waals surface area contributed by atoms with Gasteiger partial charge in [0.25, 0.3) is 0 Å². The van der Waals surface area contributed by atoms with Gasteiger partial charge in [-0.2, -0.15) is 0 Å². The predicted molar refractivity (Wildman–Crippen MR) is 120 cm³/mol. The van der Waals surface area contributed by atoms with E-state index < -0.39 is 5.60 Å². The average molecular weight is 419 g/mol. The van der Waals surface area contributed by atoms with E-state index in [2.05, 4.69) is 20.8 Å². The Morgan fingerprint density at radius 1 is 1.07 bits per heavy atom. The van der Waals surface area contributed by atoms with Crippen molar-refractivity contribution in [2.75, 3.05) is 0 Å². The van der Waals surface area contributed by atoms with E-state index >= 15 is 0 Å². The lowest BCUT2D eigenvalue weighted by atomic mass is 9.44. The maximum atomic E-state index is 10.4. The van der Waals surface area contributed by atoms with Crippen LogP contribution in [0.1, 0.15) is 105 Å². The minimum atomic E-state index is -0.526. The van der Waals surface area contributed by atoms with Crippen molar-refractivity contribution >= 4 is 0 Å². The van der Waals surface area contributed by atoms with E-state index in [1.54, 1.807) is 0 Å². The van der Waals surface area contributed by atoms with Crippen molar-refractivity contribution in [2.24, 2.45) is 40.4 Å². The maximum Gasteiger partial charge on any atom is 0.103 e. The zero-order chi connectivity index (χ0) is 21.5. The summed E-state index contributed by atoms with van der Waals surface area (Å²) >= 11 is 0. The number of hydrogen-bond donors (Lipinski definition) is 2. The average Bonchev–Trinajstić information content (AvgIpc) is 3.21. The van der Waals surface area contributed by atoms with Crippen LogP contribution in [0.15, 0.2) is 0 Å². The minimum Gasteiger partial charge on any atom is -0.393 e. The lowest BCUT2D eigenvalue weighted by Crippen LogP contribution is -2.58. The second kappa shape index (κ2) is 6.94. The molecule has 3 nitrogen and oxygen atoms in total. The Labute approximate surface area is 184 Å². The molecule has 0 amide bonds. The number of aliphatic hydroxyl groups is 2. The molecule has 0 aromatic heterocycles. The molecular weight excluding hydrogens is 372 g/mol. The molecule has 5 rings (SSSR count). The van der Waals surface area contributed by atoms with Crippen molar-refractivity contribution in [1.29, 1.82) is 0 Å². The molecule has 1 spiro atoms. The van der Waals surface area contributed by atoms with E-state index in [0.29, 0.717) is 11.5 Å². The van der Waals surface area contributed by atoms with Gasteiger partial charge in [-0.25, -0.2) is 0 Å². The Bertz CT molecular complexity index is 670. The molecule has 2 N–H and O–H groups in total. The third-order valence-corrected chi connectivity index (χ3v) is 11.3. The first-order valence-corrected chi connectivity index (χ1v) is 13.1. The van der Waals surface area contributed by atoms with Crippen LogP contribution in [0.4, 0.5) is 0 Å². The first-order chi connectivity index (χ1) is 14.0. The van der Waals surface area contributed by atoms with Gasteiger partial charge in [0.05, 0.1) is 17.8 Å². The molecular formula is C27H46O3. The van der Waals surface area contributed by atoms with Crippen LogP contribution < -0.4 is 0 Å². The fourth-order valence-electron chi connectivity index (χ4n) is 9.69. The summed E-state index contributed by atoms with van der Waals surface area (Å²) in [5.74, 6) is 4.10. The smallest absolute Gasteiger partial charge is 0.103 e. The van der Waals surface area contributed by atoms with Gasteiger partial charge >= 0.3 is 0 Å². The summed E-state index contributed by atoms with van der Waals surface area (Å²) in [5.41, 5.74) is 0.274. The van der Waals surface area contributed by atoms with Crippen molar-refractivity contribution in [3.05, 3.63) is 0 Å². The van der Waals surface area contributed by atoms with Crippen molar-refractivity contribution in [3.8, 4) is 0 Å². The zero-order valence-electron chi connectivity index (χ0n) is 20.1. The molecule has 3 heteroatoms. The topological polar surface area (TPSA) is 53.0 Å².